The number of nitrogens with one attached hydrogen (secondary N) is 1. The van der Waals surface area contributed by atoms with Crippen molar-refractivity contribution >= 4 is 25.7 Å². The van der Waals surface area contributed by atoms with E-state index in [1.165, 1.54) is 0 Å². The summed E-state index contributed by atoms with van der Waals surface area (Å²) in [4.78, 5) is 13.8. The van der Waals surface area contributed by atoms with E-state index < -0.39 is 15.0 Å². The van der Waals surface area contributed by atoms with Gasteiger partial charge in [0, 0.05) is 16.4 Å². The van der Waals surface area contributed by atoms with Crippen molar-refractivity contribution in [2.45, 2.75) is 18.9 Å². The standard InChI is InChI=1S/C8H10ClNO4S/c1-3-14-8(11)6-4-7(10-5(6)2)15(9,12)13/h4,10H,3H2,1-2H3. The van der Waals surface area contributed by atoms with Crippen molar-refractivity contribution in [2.24, 2.45) is 0 Å². The fourth-order valence-corrected chi connectivity index (χ4v) is 1.86. The van der Waals surface area contributed by atoms with Gasteiger partial charge in [-0.3, -0.25) is 0 Å². The summed E-state index contributed by atoms with van der Waals surface area (Å²) in [6.45, 7) is 3.46. The van der Waals surface area contributed by atoms with E-state index in [0.29, 0.717) is 5.69 Å². The quantitative estimate of drug-likeness (QED) is 0.651. The molecule has 0 bridgehead atoms. The predicted molar refractivity (Wildman–Crippen MR) is 54.5 cm³/mol. The van der Waals surface area contributed by atoms with Crippen LogP contribution in [0.25, 0.3) is 0 Å². The van der Waals surface area contributed by atoms with Crippen molar-refractivity contribution in [2.75, 3.05) is 6.61 Å². The third-order valence-electron chi connectivity index (χ3n) is 1.75. The summed E-state index contributed by atoms with van der Waals surface area (Å²) in [5, 5.41) is -0.204. The number of esters is 1. The average Bonchev–Trinajstić information content (AvgIpc) is 2.47. The predicted octanol–water partition coefficient (Wildman–Crippen LogP) is 1.43. The number of aromatic nitrogens is 1. The van der Waals surface area contributed by atoms with Crippen molar-refractivity contribution in [1.82, 2.24) is 4.98 Å². The monoisotopic (exact) mass is 251 g/mol. The molecule has 0 aliphatic carbocycles. The minimum atomic E-state index is -3.84. The van der Waals surface area contributed by atoms with E-state index in [2.05, 4.69) is 4.98 Å². The summed E-state index contributed by atoms with van der Waals surface area (Å²) in [5.41, 5.74) is 0.587. The SMILES string of the molecule is CCOC(=O)c1cc(S(=O)(=O)Cl)[nH]c1C. The smallest absolute Gasteiger partial charge is 0.339 e. The number of rotatable bonds is 3. The van der Waals surface area contributed by atoms with Gasteiger partial charge in [-0.1, -0.05) is 0 Å². The molecular formula is C8H10ClNO4S. The van der Waals surface area contributed by atoms with Crippen LogP contribution in [-0.4, -0.2) is 26.0 Å². The first-order chi connectivity index (χ1) is 6.86. The lowest BCUT2D eigenvalue weighted by atomic mass is 10.2. The van der Waals surface area contributed by atoms with Gasteiger partial charge in [-0.15, -0.1) is 0 Å². The van der Waals surface area contributed by atoms with Crippen LogP contribution >= 0.6 is 10.7 Å². The maximum absolute atomic E-state index is 11.3. The molecule has 0 fully saturated rings. The highest BCUT2D eigenvalue weighted by molar-refractivity contribution is 8.13. The minimum Gasteiger partial charge on any atom is -0.462 e. The van der Waals surface area contributed by atoms with Gasteiger partial charge in [-0.2, -0.15) is 0 Å². The molecule has 1 heterocycles. The van der Waals surface area contributed by atoms with E-state index in [9.17, 15) is 13.2 Å². The molecule has 1 aromatic rings. The molecule has 1 aromatic heterocycles. The Morgan fingerprint density at radius 1 is 1.60 bits per heavy atom. The van der Waals surface area contributed by atoms with Gasteiger partial charge in [0.05, 0.1) is 12.2 Å². The summed E-state index contributed by atoms with van der Waals surface area (Å²) in [7, 11) is 1.27. The van der Waals surface area contributed by atoms with Gasteiger partial charge < -0.3 is 9.72 Å². The maximum Gasteiger partial charge on any atom is 0.339 e. The van der Waals surface area contributed by atoms with Crippen molar-refractivity contribution in [3.8, 4) is 0 Å². The van der Waals surface area contributed by atoms with E-state index in [-0.39, 0.29) is 17.2 Å². The van der Waals surface area contributed by atoms with Gasteiger partial charge in [-0.25, -0.2) is 13.2 Å². The molecule has 0 spiro atoms. The van der Waals surface area contributed by atoms with Crippen molar-refractivity contribution in [3.63, 3.8) is 0 Å². The fraction of sp³-hybridized carbons (Fsp3) is 0.375. The number of halogens is 1. The van der Waals surface area contributed by atoms with Crippen LogP contribution in [0.2, 0.25) is 0 Å². The summed E-state index contributed by atoms with van der Waals surface area (Å²) in [5.74, 6) is -0.571. The largest absolute Gasteiger partial charge is 0.462 e. The summed E-state index contributed by atoms with van der Waals surface area (Å²) in [6, 6.07) is 1.16. The lowest BCUT2D eigenvalue weighted by Crippen LogP contribution is -2.04. The third-order valence-corrected chi connectivity index (χ3v) is 2.99. The molecule has 5 nitrogen and oxygen atoms in total. The molecule has 1 rings (SSSR count). The molecule has 7 heteroatoms. The van der Waals surface area contributed by atoms with Crippen molar-refractivity contribution < 1.29 is 17.9 Å². The Labute approximate surface area is 91.8 Å². The molecule has 1 N–H and O–H groups in total. The number of aryl methyl sites for hydroxylation is 1. The first-order valence-corrected chi connectivity index (χ1v) is 6.48. The van der Waals surface area contributed by atoms with E-state index in [1.807, 2.05) is 0 Å². The van der Waals surface area contributed by atoms with Gasteiger partial charge in [-0.05, 0) is 19.9 Å². The Balaban J connectivity index is 3.13. The molecule has 0 amide bonds. The maximum atomic E-state index is 11.3. The number of carbonyl (C=O) groups is 1. The Morgan fingerprint density at radius 2 is 2.20 bits per heavy atom. The lowest BCUT2D eigenvalue weighted by molar-refractivity contribution is 0.0525. The molecule has 84 valence electrons. The number of aromatic amines is 1. The highest BCUT2D eigenvalue weighted by atomic mass is 35.7. The zero-order valence-electron chi connectivity index (χ0n) is 8.20. The van der Waals surface area contributed by atoms with Crippen LogP contribution in [0.15, 0.2) is 11.1 Å². The summed E-state index contributed by atoms with van der Waals surface area (Å²) < 4.78 is 26.7. The average molecular weight is 252 g/mol. The second-order valence-corrected chi connectivity index (χ2v) is 5.36. The summed E-state index contributed by atoms with van der Waals surface area (Å²) >= 11 is 0. The first-order valence-electron chi connectivity index (χ1n) is 4.17. The normalized spacial score (nSPS) is 11.4. The van der Waals surface area contributed by atoms with Gasteiger partial charge >= 0.3 is 5.97 Å². The van der Waals surface area contributed by atoms with Crippen LogP contribution in [0.4, 0.5) is 0 Å². The van der Waals surface area contributed by atoms with Crippen LogP contribution in [0.1, 0.15) is 23.0 Å². The molecule has 0 saturated heterocycles. The molecule has 0 saturated carbocycles. The minimum absolute atomic E-state index is 0.177. The number of H-pyrrole nitrogens is 1. The summed E-state index contributed by atoms with van der Waals surface area (Å²) in [6.07, 6.45) is 0. The topological polar surface area (TPSA) is 76.2 Å². The van der Waals surface area contributed by atoms with Gasteiger partial charge in [0.15, 0.2) is 0 Å². The Morgan fingerprint density at radius 3 is 2.60 bits per heavy atom. The Hall–Kier alpha value is -1.01. The van der Waals surface area contributed by atoms with Crippen LogP contribution in [0.5, 0.6) is 0 Å². The molecule has 0 aliphatic heterocycles. The zero-order chi connectivity index (χ0) is 11.6. The molecular weight excluding hydrogens is 242 g/mol. The number of ether oxygens (including phenoxy) is 1. The third kappa shape index (κ3) is 2.73. The van der Waals surface area contributed by atoms with Crippen LogP contribution in [0.3, 0.4) is 0 Å². The highest BCUT2D eigenvalue weighted by Gasteiger charge is 2.19. The number of carbonyl (C=O) groups excluding carboxylic acids is 1. The van der Waals surface area contributed by atoms with Gasteiger partial charge in [0.25, 0.3) is 9.05 Å². The van der Waals surface area contributed by atoms with Crippen LogP contribution in [0, 0.1) is 6.92 Å². The number of hydrogen-bond donors (Lipinski definition) is 1. The van der Waals surface area contributed by atoms with Crippen molar-refractivity contribution in [3.05, 3.63) is 17.3 Å². The lowest BCUT2D eigenvalue weighted by Gasteiger charge is -1.98. The molecule has 0 radical (unpaired) electrons. The van der Waals surface area contributed by atoms with E-state index in [1.54, 1.807) is 13.8 Å². The van der Waals surface area contributed by atoms with Gasteiger partial charge in [0.1, 0.15) is 5.03 Å². The highest BCUT2D eigenvalue weighted by Crippen LogP contribution is 2.18. The molecule has 0 aromatic carbocycles. The van der Waals surface area contributed by atoms with Crippen LogP contribution < -0.4 is 0 Å². The molecule has 15 heavy (non-hydrogen) atoms. The van der Waals surface area contributed by atoms with Crippen molar-refractivity contribution in [1.29, 1.82) is 0 Å². The van der Waals surface area contributed by atoms with E-state index >= 15 is 0 Å². The molecule has 0 unspecified atom stereocenters. The zero-order valence-corrected chi connectivity index (χ0v) is 9.78. The first kappa shape index (κ1) is 12.1. The van der Waals surface area contributed by atoms with Gasteiger partial charge in [0.2, 0.25) is 0 Å². The van der Waals surface area contributed by atoms with Crippen LogP contribution in [-0.2, 0) is 13.8 Å². The Kier molecular flexibility index (Phi) is 3.41. The number of hydrogen-bond acceptors (Lipinski definition) is 4. The molecule has 0 atom stereocenters. The van der Waals surface area contributed by atoms with E-state index in [4.69, 9.17) is 15.4 Å². The fourth-order valence-electron chi connectivity index (χ4n) is 1.08. The van der Waals surface area contributed by atoms with E-state index in [0.717, 1.165) is 6.07 Å². The Bertz CT molecular complexity index is 477. The second-order valence-electron chi connectivity index (χ2n) is 2.83. The molecule has 0 aliphatic rings. The second kappa shape index (κ2) is 4.24.